The number of fused-ring (bicyclic) bond motifs is 12. The van der Waals surface area contributed by atoms with Gasteiger partial charge < -0.3 is 9.71 Å². The third-order valence-electron chi connectivity index (χ3n) is 15.5. The molecule has 0 bridgehead atoms. The van der Waals surface area contributed by atoms with E-state index in [-0.39, 0.29) is 28.5 Å². The molecule has 0 saturated carbocycles. The number of hydrogen-bond acceptors (Lipinski definition) is 2. The van der Waals surface area contributed by atoms with Gasteiger partial charge in [-0.15, -0.1) is 0 Å². The molecule has 2 aliphatic heterocycles. The van der Waals surface area contributed by atoms with E-state index in [1.165, 1.54) is 117 Å². The SMILES string of the molecule is CC(C)(C)c1ccc(N2B3c4ccc5c(c4N(c4ccc(C(C)(C)C)cc4-c4ccccc4)c4cc6c(c(c43)-c3ccccc32)C(C)(C)c2ccccc2-6)C(C)(C)c2ccccc2-5)cc1. The third kappa shape index (κ3) is 5.54. The molecular weight excluding hydrogens is 784 g/mol. The lowest BCUT2D eigenvalue weighted by atomic mass is 9.42. The smallest absolute Gasteiger partial charge is 0.333 e. The van der Waals surface area contributed by atoms with Gasteiger partial charge in [-0.25, -0.2) is 0 Å². The highest BCUT2D eigenvalue weighted by Gasteiger charge is 2.52. The molecule has 0 atom stereocenters. The van der Waals surface area contributed by atoms with Crippen molar-refractivity contribution in [1.29, 1.82) is 0 Å². The first kappa shape index (κ1) is 40.0. The van der Waals surface area contributed by atoms with Gasteiger partial charge in [-0.2, -0.15) is 0 Å². The van der Waals surface area contributed by atoms with Crippen LogP contribution in [0, 0.1) is 0 Å². The van der Waals surface area contributed by atoms with Crippen LogP contribution in [0.25, 0.3) is 44.5 Å². The van der Waals surface area contributed by atoms with E-state index in [1.54, 1.807) is 0 Å². The van der Waals surface area contributed by atoms with Crippen LogP contribution in [0.3, 0.4) is 0 Å². The van der Waals surface area contributed by atoms with Crippen molar-refractivity contribution in [1.82, 2.24) is 0 Å². The normalized spacial score (nSPS) is 15.7. The maximum atomic E-state index is 2.73. The van der Waals surface area contributed by atoms with Gasteiger partial charge in [-0.3, -0.25) is 0 Å². The quantitative estimate of drug-likeness (QED) is 0.164. The fourth-order valence-electron chi connectivity index (χ4n) is 12.3. The van der Waals surface area contributed by atoms with Crippen LogP contribution in [-0.2, 0) is 21.7 Å². The van der Waals surface area contributed by atoms with E-state index in [0.29, 0.717) is 0 Å². The lowest BCUT2D eigenvalue weighted by Gasteiger charge is -2.48. The van der Waals surface area contributed by atoms with Gasteiger partial charge in [0.2, 0.25) is 0 Å². The summed E-state index contributed by atoms with van der Waals surface area (Å²) in [5.74, 6) is 0. The topological polar surface area (TPSA) is 6.48 Å². The van der Waals surface area contributed by atoms with Crippen LogP contribution in [0.2, 0.25) is 0 Å². The van der Waals surface area contributed by atoms with Crippen LogP contribution in [0.15, 0.2) is 164 Å². The molecule has 318 valence electrons. The lowest BCUT2D eigenvalue weighted by Crippen LogP contribution is -2.62. The van der Waals surface area contributed by atoms with Crippen molar-refractivity contribution in [2.24, 2.45) is 0 Å². The Balaban J connectivity index is 1.27. The van der Waals surface area contributed by atoms with Gasteiger partial charge in [-0.05, 0) is 125 Å². The minimum absolute atomic E-state index is 0.0351. The summed E-state index contributed by atoms with van der Waals surface area (Å²) >= 11 is 0. The Morgan fingerprint density at radius 1 is 0.431 bits per heavy atom. The number of para-hydroxylation sites is 1. The number of nitrogens with zero attached hydrogens (tertiary/aromatic N) is 2. The van der Waals surface area contributed by atoms with Crippen molar-refractivity contribution < 1.29 is 0 Å². The van der Waals surface area contributed by atoms with Crippen molar-refractivity contribution >= 4 is 46.2 Å². The van der Waals surface area contributed by atoms with Crippen LogP contribution in [0.5, 0.6) is 0 Å². The predicted molar refractivity (Wildman–Crippen MR) is 278 cm³/mol. The molecule has 0 aromatic heterocycles. The standard InChI is InChI=1S/C62H57BN2/c1-59(2,3)39-28-31-41(32-29-39)65-52-27-19-16-24-45(52)54-55-47(43-23-15-18-26-49(43)61(55,7)8)37-53-57(54)63(65)50-34-33-44-42-22-14-17-25-48(42)62(9,10)56(44)58(50)64(53)51-35-30-40(60(4,5)6)36-46(51)38-20-12-11-13-21-38/h11-37H,1-10H3. The highest BCUT2D eigenvalue weighted by molar-refractivity contribution is 6.93. The number of hydrogen-bond donors (Lipinski definition) is 0. The average molecular weight is 841 g/mol. The molecule has 0 amide bonds. The highest BCUT2D eigenvalue weighted by atomic mass is 15.2. The van der Waals surface area contributed by atoms with Gasteiger partial charge in [-0.1, -0.05) is 197 Å². The minimum atomic E-state index is -0.273. The molecule has 4 aliphatic rings. The van der Waals surface area contributed by atoms with E-state index in [0.717, 1.165) is 0 Å². The Bertz CT molecular complexity index is 3280. The second-order valence-corrected chi connectivity index (χ2v) is 22.1. The molecule has 0 N–H and O–H groups in total. The van der Waals surface area contributed by atoms with Gasteiger partial charge in [0.25, 0.3) is 0 Å². The summed E-state index contributed by atoms with van der Waals surface area (Å²) in [4.78, 5) is 5.42. The van der Waals surface area contributed by atoms with Crippen molar-refractivity contribution in [3.05, 3.63) is 197 Å². The predicted octanol–water partition coefficient (Wildman–Crippen LogP) is 15.3. The molecule has 8 aromatic rings. The lowest BCUT2D eigenvalue weighted by molar-refractivity contribution is 0.590. The van der Waals surface area contributed by atoms with Gasteiger partial charge >= 0.3 is 6.85 Å². The Kier molecular flexibility index (Phi) is 8.29. The first-order chi connectivity index (χ1) is 31.1. The summed E-state index contributed by atoms with van der Waals surface area (Å²) in [7, 11) is 0. The van der Waals surface area contributed by atoms with Gasteiger partial charge in [0, 0.05) is 44.7 Å². The van der Waals surface area contributed by atoms with Gasteiger partial charge in [0.15, 0.2) is 0 Å². The molecule has 0 radical (unpaired) electrons. The van der Waals surface area contributed by atoms with E-state index in [9.17, 15) is 0 Å². The molecule has 0 fully saturated rings. The van der Waals surface area contributed by atoms with E-state index < -0.39 is 0 Å². The average Bonchev–Trinajstić information content (AvgIpc) is 3.68. The van der Waals surface area contributed by atoms with Gasteiger partial charge in [0.1, 0.15) is 0 Å². The maximum Gasteiger partial charge on any atom is 0.333 e. The molecule has 2 nitrogen and oxygen atoms in total. The van der Waals surface area contributed by atoms with Crippen LogP contribution in [-0.4, -0.2) is 6.85 Å². The summed E-state index contributed by atoms with van der Waals surface area (Å²) in [6.07, 6.45) is 0. The molecule has 0 unspecified atom stereocenters. The summed E-state index contributed by atoms with van der Waals surface area (Å²) < 4.78 is 0. The van der Waals surface area contributed by atoms with Crippen molar-refractivity contribution in [3.8, 4) is 44.5 Å². The first-order valence-corrected chi connectivity index (χ1v) is 23.6. The van der Waals surface area contributed by atoms with Crippen molar-refractivity contribution in [2.75, 3.05) is 9.71 Å². The zero-order chi connectivity index (χ0) is 44.9. The summed E-state index contributed by atoms with van der Waals surface area (Å²) in [6.45, 7) is 23.6. The Morgan fingerprint density at radius 3 is 1.66 bits per heavy atom. The molecule has 3 heteroatoms. The zero-order valence-electron chi connectivity index (χ0n) is 39.6. The summed E-state index contributed by atoms with van der Waals surface area (Å²) in [6, 6.07) is 63.1. The van der Waals surface area contributed by atoms with Crippen molar-refractivity contribution in [3.63, 3.8) is 0 Å². The first-order valence-electron chi connectivity index (χ1n) is 23.6. The summed E-state index contributed by atoms with van der Waals surface area (Å²) in [5.41, 5.74) is 27.2. The van der Waals surface area contributed by atoms with Gasteiger partial charge in [0.05, 0.1) is 5.69 Å². The zero-order valence-corrected chi connectivity index (χ0v) is 39.6. The van der Waals surface area contributed by atoms with Crippen LogP contribution >= 0.6 is 0 Å². The second-order valence-electron chi connectivity index (χ2n) is 22.1. The van der Waals surface area contributed by atoms with Crippen LogP contribution < -0.4 is 20.6 Å². The maximum absolute atomic E-state index is 2.73. The molecule has 2 aliphatic carbocycles. The Morgan fingerprint density at radius 2 is 1.00 bits per heavy atom. The monoisotopic (exact) mass is 840 g/mol. The molecule has 2 heterocycles. The Labute approximate surface area is 386 Å². The van der Waals surface area contributed by atoms with E-state index in [1.807, 2.05) is 0 Å². The Hall–Kier alpha value is -6.58. The molecule has 8 aromatic carbocycles. The second kappa shape index (κ2) is 13.5. The molecular formula is C62H57BN2. The number of rotatable bonds is 3. The number of benzene rings is 8. The number of anilines is 5. The van der Waals surface area contributed by atoms with Crippen molar-refractivity contribution in [2.45, 2.75) is 90.9 Å². The molecule has 12 rings (SSSR count). The van der Waals surface area contributed by atoms with E-state index >= 15 is 0 Å². The summed E-state index contributed by atoms with van der Waals surface area (Å²) in [5, 5.41) is 0. The fourth-order valence-corrected chi connectivity index (χ4v) is 12.3. The molecule has 0 saturated heterocycles. The minimum Gasteiger partial charge on any atom is -0.376 e. The van der Waals surface area contributed by atoms with E-state index in [2.05, 4.69) is 243 Å². The van der Waals surface area contributed by atoms with E-state index in [4.69, 9.17) is 0 Å². The third-order valence-corrected chi connectivity index (χ3v) is 15.5. The van der Waals surface area contributed by atoms with Crippen LogP contribution in [0.4, 0.5) is 28.4 Å². The highest BCUT2D eigenvalue weighted by Crippen LogP contribution is 2.60. The molecule has 0 spiro atoms. The van der Waals surface area contributed by atoms with Crippen LogP contribution in [0.1, 0.15) is 103 Å². The largest absolute Gasteiger partial charge is 0.376 e. The molecule has 65 heavy (non-hydrogen) atoms. The fraction of sp³-hybridized carbons (Fsp3) is 0.226.